The Morgan fingerprint density at radius 2 is 1.81 bits per heavy atom. The van der Waals surface area contributed by atoms with Crippen molar-refractivity contribution in [1.82, 2.24) is 9.47 Å². The smallest absolute Gasteiger partial charge is 0.292 e. The van der Waals surface area contributed by atoms with E-state index in [1.165, 1.54) is 6.07 Å². The highest BCUT2D eigenvalue weighted by Crippen LogP contribution is 2.28. The van der Waals surface area contributed by atoms with Gasteiger partial charge in [0.15, 0.2) is 5.75 Å². The number of aryl methyl sites for hydroxylation is 1. The largest absolute Gasteiger partial charge is 0.503 e. The number of aromatic hydroxyl groups is 1. The number of piperazine rings is 1. The first-order valence-corrected chi connectivity index (χ1v) is 9.50. The van der Waals surface area contributed by atoms with Crippen LogP contribution in [0.2, 0.25) is 0 Å². The molecule has 0 spiro atoms. The molecule has 0 amide bonds. The molecule has 0 unspecified atom stereocenters. The summed E-state index contributed by atoms with van der Waals surface area (Å²) in [7, 11) is 0. The van der Waals surface area contributed by atoms with E-state index in [1.807, 2.05) is 24.3 Å². The third-order valence-corrected chi connectivity index (χ3v) is 5.14. The van der Waals surface area contributed by atoms with Crippen LogP contribution in [-0.4, -0.2) is 47.3 Å². The molecule has 1 aliphatic rings. The van der Waals surface area contributed by atoms with Crippen LogP contribution in [0.1, 0.15) is 25.8 Å². The lowest BCUT2D eigenvalue weighted by atomic mass is 9.99. The maximum absolute atomic E-state index is 14.2. The van der Waals surface area contributed by atoms with Crippen molar-refractivity contribution in [3.63, 3.8) is 0 Å². The Morgan fingerprint density at radius 1 is 1.07 bits per heavy atom. The number of rotatable bonds is 6. The van der Waals surface area contributed by atoms with E-state index in [0.29, 0.717) is 12.1 Å². The summed E-state index contributed by atoms with van der Waals surface area (Å²) in [5.41, 5.74) is 0.114. The molecule has 146 valence electrons. The summed E-state index contributed by atoms with van der Waals surface area (Å²) >= 11 is 0. The van der Waals surface area contributed by atoms with Crippen molar-refractivity contribution in [1.29, 1.82) is 0 Å². The normalized spacial score (nSPS) is 15.9. The summed E-state index contributed by atoms with van der Waals surface area (Å²) < 4.78 is 15.7. The van der Waals surface area contributed by atoms with Crippen LogP contribution in [0.5, 0.6) is 5.75 Å². The minimum Gasteiger partial charge on any atom is -0.503 e. The number of nitrogens with zero attached hydrogens (tertiary/aromatic N) is 3. The van der Waals surface area contributed by atoms with Crippen LogP contribution in [0.25, 0.3) is 0 Å². The molecule has 1 aromatic heterocycles. The van der Waals surface area contributed by atoms with Crippen molar-refractivity contribution in [2.75, 3.05) is 37.6 Å². The zero-order valence-electron chi connectivity index (χ0n) is 16.1. The van der Waals surface area contributed by atoms with Crippen LogP contribution in [0.15, 0.2) is 47.4 Å². The average Bonchev–Trinajstić information content (AvgIpc) is 2.65. The van der Waals surface area contributed by atoms with Gasteiger partial charge in [0, 0.05) is 44.6 Å². The average molecular weight is 373 g/mol. The van der Waals surface area contributed by atoms with Gasteiger partial charge in [-0.3, -0.25) is 9.69 Å². The number of anilines is 1. The third-order valence-electron chi connectivity index (χ3n) is 5.14. The van der Waals surface area contributed by atoms with Gasteiger partial charge in [-0.25, -0.2) is 4.39 Å². The predicted molar refractivity (Wildman–Crippen MR) is 106 cm³/mol. The Morgan fingerprint density at radius 3 is 2.52 bits per heavy atom. The monoisotopic (exact) mass is 373 g/mol. The van der Waals surface area contributed by atoms with Gasteiger partial charge in [0.25, 0.3) is 5.56 Å². The van der Waals surface area contributed by atoms with Gasteiger partial charge in [0.1, 0.15) is 5.67 Å². The zero-order valence-corrected chi connectivity index (χ0v) is 16.1. The highest BCUT2D eigenvalue weighted by Gasteiger charge is 2.21. The van der Waals surface area contributed by atoms with E-state index in [2.05, 4.69) is 9.80 Å². The fourth-order valence-electron chi connectivity index (χ4n) is 3.47. The SMILES string of the molecule is CC(C)(F)c1cccc(N2CCN(CCCn3cccc(O)c3=O)CC2)c1. The van der Waals surface area contributed by atoms with Gasteiger partial charge in [-0.15, -0.1) is 0 Å². The number of pyridine rings is 1. The van der Waals surface area contributed by atoms with Crippen molar-refractivity contribution in [3.8, 4) is 5.75 Å². The van der Waals surface area contributed by atoms with Crippen LogP contribution in [-0.2, 0) is 12.2 Å². The lowest BCUT2D eigenvalue weighted by molar-refractivity contribution is 0.221. The molecular weight excluding hydrogens is 345 g/mol. The van der Waals surface area contributed by atoms with Gasteiger partial charge in [0.05, 0.1) is 0 Å². The predicted octanol–water partition coefficient (Wildman–Crippen LogP) is 2.97. The first-order valence-electron chi connectivity index (χ1n) is 9.50. The molecule has 0 aliphatic carbocycles. The molecule has 1 saturated heterocycles. The summed E-state index contributed by atoms with van der Waals surface area (Å²) in [6.45, 7) is 8.37. The molecule has 0 radical (unpaired) electrons. The zero-order chi connectivity index (χ0) is 19.4. The van der Waals surface area contributed by atoms with Crippen molar-refractivity contribution in [2.45, 2.75) is 32.5 Å². The molecule has 5 nitrogen and oxygen atoms in total. The summed E-state index contributed by atoms with van der Waals surface area (Å²) in [6.07, 6.45) is 2.56. The lowest BCUT2D eigenvalue weighted by Gasteiger charge is -2.36. The van der Waals surface area contributed by atoms with Gasteiger partial charge in [-0.1, -0.05) is 12.1 Å². The lowest BCUT2D eigenvalue weighted by Crippen LogP contribution is -2.46. The Balaban J connectivity index is 1.49. The van der Waals surface area contributed by atoms with Crippen LogP contribution in [0, 0.1) is 0 Å². The molecule has 0 saturated carbocycles. The molecule has 1 aliphatic heterocycles. The van der Waals surface area contributed by atoms with Crippen molar-refractivity contribution in [2.24, 2.45) is 0 Å². The molecule has 6 heteroatoms. The number of alkyl halides is 1. The molecule has 27 heavy (non-hydrogen) atoms. The summed E-state index contributed by atoms with van der Waals surface area (Å²) in [5.74, 6) is -0.204. The number of aromatic nitrogens is 1. The number of halogens is 1. The molecule has 3 rings (SSSR count). The molecule has 2 aromatic rings. The van der Waals surface area contributed by atoms with Gasteiger partial charge < -0.3 is 14.6 Å². The molecule has 2 heterocycles. The standard InChI is InChI=1S/C21H28FN3O2/c1-21(2,22)17-6-3-7-18(16-17)24-14-12-23(13-15-24)9-5-11-25-10-4-8-19(26)20(25)27/h3-4,6-8,10,16,26H,5,9,11-15H2,1-2H3. The number of benzene rings is 1. The minimum atomic E-state index is -1.33. The Hall–Kier alpha value is -2.34. The van der Waals surface area contributed by atoms with Crippen LogP contribution in [0.4, 0.5) is 10.1 Å². The first kappa shape index (κ1) is 19.4. The summed E-state index contributed by atoms with van der Waals surface area (Å²) in [5, 5.41) is 9.48. The molecule has 1 N–H and O–H groups in total. The summed E-state index contributed by atoms with van der Waals surface area (Å²) in [4.78, 5) is 16.5. The highest BCUT2D eigenvalue weighted by molar-refractivity contribution is 5.50. The fourth-order valence-corrected chi connectivity index (χ4v) is 3.47. The van der Waals surface area contributed by atoms with Crippen molar-refractivity contribution >= 4 is 5.69 Å². The van der Waals surface area contributed by atoms with Gasteiger partial charge >= 0.3 is 0 Å². The number of hydrogen-bond donors (Lipinski definition) is 1. The van der Waals surface area contributed by atoms with Gasteiger partial charge in [-0.2, -0.15) is 0 Å². The fraction of sp³-hybridized carbons (Fsp3) is 0.476. The van der Waals surface area contributed by atoms with E-state index < -0.39 is 5.67 Å². The quantitative estimate of drug-likeness (QED) is 0.846. The Kier molecular flexibility index (Phi) is 5.85. The topological polar surface area (TPSA) is 48.7 Å². The maximum Gasteiger partial charge on any atom is 0.292 e. The Bertz CT molecular complexity index is 821. The summed E-state index contributed by atoms with van der Waals surface area (Å²) in [6, 6.07) is 10.8. The molecular formula is C21H28FN3O2. The second kappa shape index (κ2) is 8.13. The van der Waals surface area contributed by atoms with Crippen molar-refractivity contribution < 1.29 is 9.50 Å². The van der Waals surface area contributed by atoms with Gasteiger partial charge in [-0.05, 0) is 56.6 Å². The van der Waals surface area contributed by atoms with Crippen LogP contribution >= 0.6 is 0 Å². The van der Waals surface area contributed by atoms with Crippen molar-refractivity contribution in [3.05, 3.63) is 58.5 Å². The minimum absolute atomic E-state index is 0.204. The molecule has 1 fully saturated rings. The second-order valence-electron chi connectivity index (χ2n) is 7.60. The molecule has 0 bridgehead atoms. The van der Waals surface area contributed by atoms with Crippen LogP contribution in [0.3, 0.4) is 0 Å². The van der Waals surface area contributed by atoms with E-state index in [0.717, 1.165) is 44.8 Å². The van der Waals surface area contributed by atoms with E-state index >= 15 is 0 Å². The second-order valence-corrected chi connectivity index (χ2v) is 7.60. The highest BCUT2D eigenvalue weighted by atomic mass is 19.1. The third kappa shape index (κ3) is 4.89. The van der Waals surface area contributed by atoms with E-state index in [4.69, 9.17) is 0 Å². The van der Waals surface area contributed by atoms with E-state index in [1.54, 1.807) is 30.7 Å². The van der Waals surface area contributed by atoms with E-state index in [-0.39, 0.29) is 11.3 Å². The first-order chi connectivity index (χ1) is 12.8. The number of hydrogen-bond acceptors (Lipinski definition) is 4. The van der Waals surface area contributed by atoms with E-state index in [9.17, 15) is 14.3 Å². The van der Waals surface area contributed by atoms with Crippen LogP contribution < -0.4 is 10.5 Å². The molecule has 0 atom stereocenters. The molecule has 1 aromatic carbocycles. The maximum atomic E-state index is 14.2. The van der Waals surface area contributed by atoms with Gasteiger partial charge in [0.2, 0.25) is 0 Å². The Labute approximate surface area is 159 Å².